The molecule has 0 spiro atoms. The van der Waals surface area contributed by atoms with Crippen LogP contribution in [0.25, 0.3) is 0 Å². The third-order valence-corrected chi connectivity index (χ3v) is 4.08. The molecule has 1 unspecified atom stereocenters. The molecule has 1 fully saturated rings. The Balaban J connectivity index is 1.68. The molecule has 1 N–H and O–H groups in total. The molecule has 0 aliphatic carbocycles. The van der Waals surface area contributed by atoms with Crippen molar-refractivity contribution in [3.63, 3.8) is 0 Å². The first-order valence-corrected chi connectivity index (χ1v) is 8.28. The van der Waals surface area contributed by atoms with Crippen LogP contribution in [0.3, 0.4) is 0 Å². The van der Waals surface area contributed by atoms with Gasteiger partial charge in [-0.05, 0) is 56.5 Å². The van der Waals surface area contributed by atoms with Crippen LogP contribution in [0.1, 0.15) is 32.3 Å². The average Bonchev–Trinajstić information content (AvgIpc) is 2.46. The van der Waals surface area contributed by atoms with Crippen molar-refractivity contribution in [1.82, 2.24) is 10.2 Å². The van der Waals surface area contributed by atoms with Gasteiger partial charge in [0.15, 0.2) is 0 Å². The van der Waals surface area contributed by atoms with Crippen LogP contribution in [0.4, 0.5) is 0 Å². The van der Waals surface area contributed by atoms with Gasteiger partial charge in [-0.25, -0.2) is 0 Å². The van der Waals surface area contributed by atoms with E-state index in [1.54, 1.807) is 0 Å². The molecule has 3 nitrogen and oxygen atoms in total. The molecular weight excluding hydrogens is 260 g/mol. The molecule has 21 heavy (non-hydrogen) atoms. The molecule has 0 aromatic heterocycles. The van der Waals surface area contributed by atoms with Crippen molar-refractivity contribution in [3.8, 4) is 5.75 Å². The van der Waals surface area contributed by atoms with Crippen molar-refractivity contribution in [2.75, 3.05) is 32.8 Å². The molecule has 1 atom stereocenters. The van der Waals surface area contributed by atoms with Gasteiger partial charge in [-0.2, -0.15) is 0 Å². The third-order valence-electron chi connectivity index (χ3n) is 4.08. The summed E-state index contributed by atoms with van der Waals surface area (Å²) in [4.78, 5) is 2.55. The number of ether oxygens (including phenoxy) is 1. The molecule has 2 rings (SSSR count). The Labute approximate surface area is 129 Å². The molecule has 1 aliphatic rings. The molecule has 0 radical (unpaired) electrons. The second-order valence-corrected chi connectivity index (χ2v) is 6.54. The zero-order chi connectivity index (χ0) is 15.1. The summed E-state index contributed by atoms with van der Waals surface area (Å²) in [7, 11) is 0. The first-order valence-electron chi connectivity index (χ1n) is 8.28. The molecule has 1 saturated heterocycles. The van der Waals surface area contributed by atoms with Gasteiger partial charge in [0, 0.05) is 19.1 Å². The van der Waals surface area contributed by atoms with E-state index in [4.69, 9.17) is 4.74 Å². The van der Waals surface area contributed by atoms with Crippen LogP contribution >= 0.6 is 0 Å². The number of benzene rings is 1. The normalized spacial score (nSPS) is 19.9. The lowest BCUT2D eigenvalue weighted by molar-refractivity contribution is 0.144. The van der Waals surface area contributed by atoms with E-state index in [9.17, 15) is 0 Å². The van der Waals surface area contributed by atoms with Gasteiger partial charge in [0.05, 0.1) is 0 Å². The van der Waals surface area contributed by atoms with Gasteiger partial charge < -0.3 is 10.1 Å². The van der Waals surface area contributed by atoms with Gasteiger partial charge >= 0.3 is 0 Å². The SMILES string of the molecule is Cc1cccc(OCCN2CCCC(CNC(C)C)C2)c1. The van der Waals surface area contributed by atoms with Crippen LogP contribution in [-0.2, 0) is 0 Å². The number of hydrogen-bond acceptors (Lipinski definition) is 3. The van der Waals surface area contributed by atoms with E-state index < -0.39 is 0 Å². The van der Waals surface area contributed by atoms with Crippen molar-refractivity contribution in [1.29, 1.82) is 0 Å². The van der Waals surface area contributed by atoms with Gasteiger partial charge in [-0.3, -0.25) is 4.90 Å². The summed E-state index contributed by atoms with van der Waals surface area (Å²) >= 11 is 0. The van der Waals surface area contributed by atoms with Crippen molar-refractivity contribution in [2.24, 2.45) is 5.92 Å². The lowest BCUT2D eigenvalue weighted by Crippen LogP contribution is -2.42. The summed E-state index contributed by atoms with van der Waals surface area (Å²) in [6.07, 6.45) is 2.67. The monoisotopic (exact) mass is 290 g/mol. The Bertz CT molecular complexity index is 419. The maximum Gasteiger partial charge on any atom is 0.119 e. The number of likely N-dealkylation sites (tertiary alicyclic amines) is 1. The highest BCUT2D eigenvalue weighted by Gasteiger charge is 2.19. The number of nitrogens with one attached hydrogen (secondary N) is 1. The Morgan fingerprint density at radius 3 is 3.00 bits per heavy atom. The molecule has 1 heterocycles. The molecular formula is C18H30N2O. The summed E-state index contributed by atoms with van der Waals surface area (Å²) in [5.41, 5.74) is 1.25. The Morgan fingerprint density at radius 1 is 1.38 bits per heavy atom. The smallest absolute Gasteiger partial charge is 0.119 e. The van der Waals surface area contributed by atoms with Crippen molar-refractivity contribution >= 4 is 0 Å². The van der Waals surface area contributed by atoms with Crippen molar-refractivity contribution < 1.29 is 4.74 Å². The van der Waals surface area contributed by atoms with Gasteiger partial charge in [-0.15, -0.1) is 0 Å². The van der Waals surface area contributed by atoms with Crippen molar-refractivity contribution in [3.05, 3.63) is 29.8 Å². The molecule has 1 aromatic carbocycles. The largest absolute Gasteiger partial charge is 0.492 e. The molecule has 0 bridgehead atoms. The zero-order valence-corrected chi connectivity index (χ0v) is 13.8. The average molecular weight is 290 g/mol. The first-order chi connectivity index (χ1) is 10.1. The van der Waals surface area contributed by atoms with Crippen LogP contribution in [-0.4, -0.2) is 43.7 Å². The zero-order valence-electron chi connectivity index (χ0n) is 13.8. The maximum atomic E-state index is 5.87. The summed E-state index contributed by atoms with van der Waals surface area (Å²) in [6, 6.07) is 8.89. The number of rotatable bonds is 7. The third kappa shape index (κ3) is 6.06. The minimum Gasteiger partial charge on any atom is -0.492 e. The lowest BCUT2D eigenvalue weighted by atomic mass is 9.98. The van der Waals surface area contributed by atoms with E-state index >= 15 is 0 Å². The van der Waals surface area contributed by atoms with Gasteiger partial charge in [-0.1, -0.05) is 26.0 Å². The van der Waals surface area contributed by atoms with Gasteiger partial charge in [0.1, 0.15) is 12.4 Å². The fraction of sp³-hybridized carbons (Fsp3) is 0.667. The molecule has 1 aromatic rings. The molecule has 118 valence electrons. The summed E-state index contributed by atoms with van der Waals surface area (Å²) in [6.45, 7) is 11.9. The number of nitrogens with zero attached hydrogens (tertiary/aromatic N) is 1. The predicted octanol–water partition coefficient (Wildman–Crippen LogP) is 3.08. The van der Waals surface area contributed by atoms with Crippen LogP contribution in [0.2, 0.25) is 0 Å². The van der Waals surface area contributed by atoms with E-state index in [0.717, 1.165) is 31.4 Å². The molecule has 0 saturated carbocycles. The van der Waals surface area contributed by atoms with Crippen LogP contribution in [0, 0.1) is 12.8 Å². The first kappa shape index (κ1) is 16.3. The van der Waals surface area contributed by atoms with E-state index in [-0.39, 0.29) is 0 Å². The second kappa shape index (κ2) is 8.40. The molecule has 0 amide bonds. The fourth-order valence-electron chi connectivity index (χ4n) is 2.92. The Morgan fingerprint density at radius 2 is 2.24 bits per heavy atom. The maximum absolute atomic E-state index is 5.87. The number of aryl methyl sites for hydroxylation is 1. The minimum atomic E-state index is 0.588. The molecule has 1 aliphatic heterocycles. The fourth-order valence-corrected chi connectivity index (χ4v) is 2.92. The van der Waals surface area contributed by atoms with Crippen LogP contribution in [0.5, 0.6) is 5.75 Å². The molecule has 3 heteroatoms. The van der Waals surface area contributed by atoms with Gasteiger partial charge in [0.25, 0.3) is 0 Å². The van der Waals surface area contributed by atoms with Gasteiger partial charge in [0.2, 0.25) is 0 Å². The predicted molar refractivity (Wildman–Crippen MR) is 89.0 cm³/mol. The minimum absolute atomic E-state index is 0.588. The summed E-state index contributed by atoms with van der Waals surface area (Å²) in [5.74, 6) is 1.78. The summed E-state index contributed by atoms with van der Waals surface area (Å²) < 4.78 is 5.87. The van der Waals surface area contributed by atoms with E-state index in [0.29, 0.717) is 6.04 Å². The Hall–Kier alpha value is -1.06. The lowest BCUT2D eigenvalue weighted by Gasteiger charge is -2.33. The highest BCUT2D eigenvalue weighted by Crippen LogP contribution is 2.16. The van der Waals surface area contributed by atoms with E-state index in [2.05, 4.69) is 49.2 Å². The summed E-state index contributed by atoms with van der Waals surface area (Å²) in [5, 5.41) is 3.57. The second-order valence-electron chi connectivity index (χ2n) is 6.54. The standard InChI is InChI=1S/C18H30N2O/c1-15(2)19-13-17-7-5-9-20(14-17)10-11-21-18-8-4-6-16(3)12-18/h4,6,8,12,15,17,19H,5,7,9-11,13-14H2,1-3H3. The van der Waals surface area contributed by atoms with Crippen LogP contribution < -0.4 is 10.1 Å². The number of piperidine rings is 1. The van der Waals surface area contributed by atoms with Crippen LogP contribution in [0.15, 0.2) is 24.3 Å². The Kier molecular flexibility index (Phi) is 6.52. The van der Waals surface area contributed by atoms with E-state index in [1.807, 2.05) is 6.07 Å². The quantitative estimate of drug-likeness (QED) is 0.835. The topological polar surface area (TPSA) is 24.5 Å². The number of hydrogen-bond donors (Lipinski definition) is 1. The highest BCUT2D eigenvalue weighted by molar-refractivity contribution is 5.27. The van der Waals surface area contributed by atoms with Crippen molar-refractivity contribution in [2.45, 2.75) is 39.7 Å². The van der Waals surface area contributed by atoms with E-state index in [1.165, 1.54) is 31.5 Å². The highest BCUT2D eigenvalue weighted by atomic mass is 16.5.